The molecule has 0 fully saturated rings. The number of anilines is 3. The molecule has 0 unspecified atom stereocenters. The van der Waals surface area contributed by atoms with Gasteiger partial charge in [-0.15, -0.1) is 0 Å². The van der Waals surface area contributed by atoms with E-state index >= 15 is 0 Å². The molecule has 0 aliphatic heterocycles. The molecule has 1 heteroatoms. The van der Waals surface area contributed by atoms with E-state index in [9.17, 15) is 0 Å². The van der Waals surface area contributed by atoms with Crippen molar-refractivity contribution in [2.75, 3.05) is 4.90 Å². The molecule has 290 valence electrons. The number of fused-ring (bicyclic) bond motifs is 7. The van der Waals surface area contributed by atoms with Gasteiger partial charge in [0.15, 0.2) is 0 Å². The summed E-state index contributed by atoms with van der Waals surface area (Å²) in [5.41, 5.74) is 15.2. The lowest BCUT2D eigenvalue weighted by Crippen LogP contribution is -2.28. The maximum Gasteiger partial charge on any atom is 0.0714 e. The summed E-state index contributed by atoms with van der Waals surface area (Å²) in [6.45, 7) is 0. The van der Waals surface area contributed by atoms with Crippen molar-refractivity contribution < 1.29 is 0 Å². The Morgan fingerprint density at radius 2 is 0.806 bits per heavy atom. The van der Waals surface area contributed by atoms with Crippen LogP contribution in [0.4, 0.5) is 17.1 Å². The standard InChI is InChI=1S/C61H41N/c1-3-21-48(22-4-1)61(49-23-5-2-6-24-49)59-31-12-11-28-57(59)58-37-35-52(41-60(58)61)62(50-25-13-19-45(39-50)46-33-32-42-16-7-8-18-44(42)38-46)51-26-14-20-47(40-51)54-29-15-30-55-53-27-10-9-17-43(53)34-36-56(54)55/h1-41H. The Hall–Kier alpha value is -8.00. The number of nitrogens with zero attached hydrogens (tertiary/aromatic N) is 1. The maximum absolute atomic E-state index is 2.47. The van der Waals surface area contributed by atoms with Crippen molar-refractivity contribution in [2.45, 2.75) is 5.41 Å². The quantitative estimate of drug-likeness (QED) is 0.145. The second-order valence-electron chi connectivity index (χ2n) is 16.4. The van der Waals surface area contributed by atoms with Crippen molar-refractivity contribution in [3.05, 3.63) is 271 Å². The highest BCUT2D eigenvalue weighted by atomic mass is 15.1. The monoisotopic (exact) mass is 787 g/mol. The van der Waals surface area contributed by atoms with Crippen LogP contribution in [0.5, 0.6) is 0 Å². The molecule has 11 aromatic rings. The molecule has 0 radical (unpaired) electrons. The molecule has 0 amide bonds. The Balaban J connectivity index is 1.09. The first-order valence-corrected chi connectivity index (χ1v) is 21.5. The van der Waals surface area contributed by atoms with E-state index in [4.69, 9.17) is 0 Å². The molecule has 12 rings (SSSR count). The zero-order valence-corrected chi connectivity index (χ0v) is 34.1. The van der Waals surface area contributed by atoms with Crippen molar-refractivity contribution >= 4 is 49.4 Å². The molecule has 0 spiro atoms. The molecule has 0 heterocycles. The Kier molecular flexibility index (Phi) is 8.47. The van der Waals surface area contributed by atoms with Gasteiger partial charge < -0.3 is 4.90 Å². The summed E-state index contributed by atoms with van der Waals surface area (Å²) in [4.78, 5) is 2.46. The van der Waals surface area contributed by atoms with E-state index in [0.717, 1.165) is 17.1 Å². The fraction of sp³-hybridized carbons (Fsp3) is 0.0164. The van der Waals surface area contributed by atoms with Crippen molar-refractivity contribution in [2.24, 2.45) is 0 Å². The Morgan fingerprint density at radius 1 is 0.258 bits per heavy atom. The zero-order valence-electron chi connectivity index (χ0n) is 34.1. The smallest absolute Gasteiger partial charge is 0.0714 e. The van der Waals surface area contributed by atoms with Gasteiger partial charge in [-0.25, -0.2) is 0 Å². The fourth-order valence-electron chi connectivity index (χ4n) is 10.3. The van der Waals surface area contributed by atoms with Gasteiger partial charge in [0, 0.05) is 17.1 Å². The van der Waals surface area contributed by atoms with E-state index in [1.807, 2.05) is 0 Å². The third-order valence-corrected chi connectivity index (χ3v) is 13.1. The van der Waals surface area contributed by atoms with Gasteiger partial charge in [0.25, 0.3) is 0 Å². The average Bonchev–Trinajstić information content (AvgIpc) is 3.65. The van der Waals surface area contributed by atoms with Gasteiger partial charge in [-0.05, 0) is 130 Å². The average molecular weight is 788 g/mol. The number of hydrogen-bond acceptors (Lipinski definition) is 1. The number of hydrogen-bond donors (Lipinski definition) is 0. The highest BCUT2D eigenvalue weighted by Crippen LogP contribution is 2.57. The molecule has 1 aliphatic rings. The summed E-state index contributed by atoms with van der Waals surface area (Å²) < 4.78 is 0. The number of benzene rings is 11. The van der Waals surface area contributed by atoms with Gasteiger partial charge in [-0.3, -0.25) is 0 Å². The van der Waals surface area contributed by atoms with Crippen LogP contribution in [0.2, 0.25) is 0 Å². The minimum atomic E-state index is -0.517. The van der Waals surface area contributed by atoms with Crippen molar-refractivity contribution in [3.8, 4) is 33.4 Å². The second kappa shape index (κ2) is 14.6. The molecule has 0 bridgehead atoms. The zero-order chi connectivity index (χ0) is 41.0. The highest BCUT2D eigenvalue weighted by Gasteiger charge is 2.46. The van der Waals surface area contributed by atoms with Gasteiger partial charge in [0.1, 0.15) is 0 Å². The van der Waals surface area contributed by atoms with Crippen molar-refractivity contribution in [1.29, 1.82) is 0 Å². The van der Waals surface area contributed by atoms with E-state index in [1.54, 1.807) is 0 Å². The van der Waals surface area contributed by atoms with Crippen LogP contribution in [-0.2, 0) is 5.41 Å². The molecule has 0 saturated heterocycles. The topological polar surface area (TPSA) is 3.24 Å². The summed E-state index contributed by atoms with van der Waals surface area (Å²) in [7, 11) is 0. The summed E-state index contributed by atoms with van der Waals surface area (Å²) in [5.74, 6) is 0. The van der Waals surface area contributed by atoms with Crippen molar-refractivity contribution in [3.63, 3.8) is 0 Å². The first kappa shape index (κ1) is 35.9. The predicted molar refractivity (Wildman–Crippen MR) is 262 cm³/mol. The lowest BCUT2D eigenvalue weighted by Gasteiger charge is -2.35. The molecular weight excluding hydrogens is 747 g/mol. The Morgan fingerprint density at radius 3 is 1.60 bits per heavy atom. The van der Waals surface area contributed by atoms with Gasteiger partial charge in [0.05, 0.1) is 5.41 Å². The van der Waals surface area contributed by atoms with E-state index in [0.29, 0.717) is 0 Å². The molecule has 0 atom stereocenters. The minimum Gasteiger partial charge on any atom is -0.310 e. The van der Waals surface area contributed by atoms with Crippen LogP contribution in [0.3, 0.4) is 0 Å². The van der Waals surface area contributed by atoms with Crippen LogP contribution in [0.15, 0.2) is 249 Å². The maximum atomic E-state index is 2.47. The van der Waals surface area contributed by atoms with E-state index < -0.39 is 5.41 Å². The summed E-state index contributed by atoms with van der Waals surface area (Å²) in [5, 5.41) is 7.52. The molecule has 1 aliphatic carbocycles. The van der Waals surface area contributed by atoms with Crippen LogP contribution >= 0.6 is 0 Å². The Bertz CT molecular complexity index is 3430. The minimum absolute atomic E-state index is 0.517. The molecule has 0 N–H and O–H groups in total. The molecule has 0 aromatic heterocycles. The summed E-state index contributed by atoms with van der Waals surface area (Å²) in [6.07, 6.45) is 0. The first-order chi connectivity index (χ1) is 30.7. The lowest BCUT2D eigenvalue weighted by atomic mass is 9.67. The molecule has 1 nitrogen and oxygen atoms in total. The number of rotatable bonds is 7. The first-order valence-electron chi connectivity index (χ1n) is 21.5. The van der Waals surface area contributed by atoms with E-state index in [-0.39, 0.29) is 0 Å². The van der Waals surface area contributed by atoms with Crippen molar-refractivity contribution in [1.82, 2.24) is 0 Å². The molecular formula is C61H41N. The van der Waals surface area contributed by atoms with E-state index in [2.05, 4.69) is 254 Å². The molecule has 62 heavy (non-hydrogen) atoms. The fourth-order valence-corrected chi connectivity index (χ4v) is 10.3. The van der Waals surface area contributed by atoms with Crippen LogP contribution in [0.1, 0.15) is 22.3 Å². The normalized spacial score (nSPS) is 12.6. The lowest BCUT2D eigenvalue weighted by molar-refractivity contribution is 0.768. The van der Waals surface area contributed by atoms with Gasteiger partial charge in [0.2, 0.25) is 0 Å². The molecule has 0 saturated carbocycles. The van der Waals surface area contributed by atoms with Crippen LogP contribution < -0.4 is 4.90 Å². The third-order valence-electron chi connectivity index (χ3n) is 13.1. The third kappa shape index (κ3) is 5.70. The van der Waals surface area contributed by atoms with Crippen LogP contribution in [0, 0.1) is 0 Å². The molecule has 11 aromatic carbocycles. The SMILES string of the molecule is c1ccc(C2(c3ccccc3)c3ccccc3-c3ccc(N(c4cccc(-c5ccc6ccccc6c5)c4)c4cccc(-c5cccc6c5ccc5ccccc56)c4)cc32)cc1. The van der Waals surface area contributed by atoms with Gasteiger partial charge in [-0.2, -0.15) is 0 Å². The summed E-state index contributed by atoms with van der Waals surface area (Å²) in [6, 6.07) is 91.8. The summed E-state index contributed by atoms with van der Waals surface area (Å²) >= 11 is 0. The van der Waals surface area contributed by atoms with Crippen LogP contribution in [0.25, 0.3) is 65.7 Å². The van der Waals surface area contributed by atoms with Gasteiger partial charge >= 0.3 is 0 Å². The predicted octanol–water partition coefficient (Wildman–Crippen LogP) is 16.3. The second-order valence-corrected chi connectivity index (χ2v) is 16.4. The van der Waals surface area contributed by atoms with E-state index in [1.165, 1.54) is 88.0 Å². The largest absolute Gasteiger partial charge is 0.310 e. The highest BCUT2D eigenvalue weighted by molar-refractivity contribution is 6.12. The van der Waals surface area contributed by atoms with Gasteiger partial charge in [-0.1, -0.05) is 206 Å². The Labute approximate surface area is 362 Å². The van der Waals surface area contributed by atoms with Crippen LogP contribution in [-0.4, -0.2) is 0 Å².